The van der Waals surface area contributed by atoms with E-state index in [1.54, 1.807) is 0 Å². The maximum absolute atomic E-state index is 8.91. The van der Waals surface area contributed by atoms with Crippen LogP contribution in [0.5, 0.6) is 0 Å². The van der Waals surface area contributed by atoms with Crippen LogP contribution in [0.1, 0.15) is 57.2 Å². The molecule has 0 amide bonds. The molecule has 0 saturated carbocycles. The minimum Gasteiger partial charge on any atom is -0.192 e. The van der Waals surface area contributed by atoms with E-state index in [1.165, 1.54) is 11.1 Å². The summed E-state index contributed by atoms with van der Waals surface area (Å²) in [5.74, 6) is 0.506. The Bertz CT molecular complexity index is 389. The van der Waals surface area contributed by atoms with Crippen molar-refractivity contribution in [2.24, 2.45) is 0 Å². The van der Waals surface area contributed by atoms with Gasteiger partial charge in [-0.3, -0.25) is 0 Å². The quantitative estimate of drug-likeness (QED) is 0.674. The lowest BCUT2D eigenvalue weighted by Gasteiger charge is -2.25. The zero-order chi connectivity index (χ0) is 11.6. The van der Waals surface area contributed by atoms with Gasteiger partial charge in [0.15, 0.2) is 0 Å². The highest BCUT2D eigenvalue weighted by Crippen LogP contribution is 2.31. The van der Waals surface area contributed by atoms with Gasteiger partial charge in [-0.1, -0.05) is 40.7 Å². The van der Waals surface area contributed by atoms with Crippen LogP contribution in [0.4, 0.5) is 0 Å². The summed E-state index contributed by atoms with van der Waals surface area (Å²) in [5.41, 5.74) is 3.49. The monoisotopic (exact) mass is 201 g/mol. The largest absolute Gasteiger partial charge is 0.192 e. The van der Waals surface area contributed by atoms with Gasteiger partial charge in [0.1, 0.15) is 0 Å². The van der Waals surface area contributed by atoms with Crippen molar-refractivity contribution in [2.45, 2.75) is 46.0 Å². The predicted molar refractivity (Wildman–Crippen MR) is 63.9 cm³/mol. The Kier molecular flexibility index (Phi) is 3.19. The predicted octanol–water partition coefficient (Wildman–Crippen LogP) is 3.98. The van der Waals surface area contributed by atoms with Crippen LogP contribution < -0.4 is 0 Å². The molecular formula is C14H19N. The van der Waals surface area contributed by atoms with E-state index in [2.05, 4.69) is 46.8 Å². The Labute approximate surface area is 92.7 Å². The van der Waals surface area contributed by atoms with Crippen LogP contribution in [0.25, 0.3) is 0 Å². The maximum Gasteiger partial charge on any atom is 0.0991 e. The minimum absolute atomic E-state index is 0.104. The first-order chi connectivity index (χ1) is 6.86. The van der Waals surface area contributed by atoms with Gasteiger partial charge in [-0.2, -0.15) is 5.26 Å². The summed E-state index contributed by atoms with van der Waals surface area (Å²) >= 11 is 0. The zero-order valence-electron chi connectivity index (χ0n) is 10.3. The molecule has 1 nitrogen and oxygen atoms in total. The number of nitrogens with zero attached hydrogens (tertiary/aromatic N) is 1. The normalized spacial score (nSPS) is 11.5. The van der Waals surface area contributed by atoms with Crippen molar-refractivity contribution in [3.05, 3.63) is 34.9 Å². The average Bonchev–Trinajstić information content (AvgIpc) is 2.15. The smallest absolute Gasteiger partial charge is 0.0991 e. The fraction of sp³-hybridized carbons (Fsp3) is 0.500. The second kappa shape index (κ2) is 4.06. The molecule has 1 heteroatoms. The summed E-state index contributed by atoms with van der Waals surface area (Å²) in [4.78, 5) is 0. The number of rotatable bonds is 1. The fourth-order valence-corrected chi connectivity index (χ4v) is 1.78. The molecule has 0 bridgehead atoms. The second-order valence-corrected chi connectivity index (χ2v) is 5.32. The Morgan fingerprint density at radius 2 is 1.80 bits per heavy atom. The van der Waals surface area contributed by atoms with Crippen molar-refractivity contribution in [3.8, 4) is 6.07 Å². The Balaban J connectivity index is 3.37. The topological polar surface area (TPSA) is 23.8 Å². The highest BCUT2D eigenvalue weighted by atomic mass is 14.3. The second-order valence-electron chi connectivity index (χ2n) is 5.32. The van der Waals surface area contributed by atoms with Gasteiger partial charge in [-0.05, 0) is 34.6 Å². The van der Waals surface area contributed by atoms with Gasteiger partial charge in [0.2, 0.25) is 0 Å². The highest BCUT2D eigenvalue weighted by molar-refractivity contribution is 5.42. The lowest BCUT2D eigenvalue weighted by molar-refractivity contribution is 0.577. The van der Waals surface area contributed by atoms with Crippen LogP contribution in [0.3, 0.4) is 0 Å². The fourth-order valence-electron chi connectivity index (χ4n) is 1.78. The molecule has 0 N–H and O–H groups in total. The van der Waals surface area contributed by atoms with Gasteiger partial charge in [0, 0.05) is 0 Å². The van der Waals surface area contributed by atoms with Gasteiger partial charge in [0.05, 0.1) is 11.6 Å². The summed E-state index contributed by atoms with van der Waals surface area (Å²) in [5, 5.41) is 8.91. The highest BCUT2D eigenvalue weighted by Gasteiger charge is 2.19. The Hall–Kier alpha value is -1.29. The number of hydrogen-bond acceptors (Lipinski definition) is 1. The number of nitriles is 1. The van der Waals surface area contributed by atoms with Crippen molar-refractivity contribution in [2.75, 3.05) is 0 Å². The maximum atomic E-state index is 8.91. The van der Waals surface area contributed by atoms with Crippen LogP contribution in [0.2, 0.25) is 0 Å². The minimum atomic E-state index is 0.104. The molecule has 0 radical (unpaired) electrons. The van der Waals surface area contributed by atoms with Gasteiger partial charge in [-0.15, -0.1) is 0 Å². The van der Waals surface area contributed by atoms with Gasteiger partial charge >= 0.3 is 0 Å². The standard InChI is InChI=1S/C14H19N/c1-10(2)12-7-6-11(9-15)8-13(12)14(3,4)5/h6-8,10H,1-5H3. The molecule has 0 atom stereocenters. The molecule has 1 aromatic rings. The van der Waals surface area contributed by atoms with Crippen LogP contribution in [-0.4, -0.2) is 0 Å². The molecule has 0 aliphatic rings. The molecule has 0 unspecified atom stereocenters. The molecule has 80 valence electrons. The molecule has 0 aliphatic heterocycles. The molecular weight excluding hydrogens is 182 g/mol. The third-order valence-electron chi connectivity index (χ3n) is 2.61. The van der Waals surface area contributed by atoms with Crippen molar-refractivity contribution >= 4 is 0 Å². The summed E-state index contributed by atoms with van der Waals surface area (Å²) in [6.45, 7) is 11.0. The molecule has 1 rings (SSSR count). The molecule has 0 aromatic heterocycles. The molecule has 0 saturated heterocycles. The molecule has 0 spiro atoms. The van der Waals surface area contributed by atoms with Gasteiger partial charge in [-0.25, -0.2) is 0 Å². The summed E-state index contributed by atoms with van der Waals surface area (Å²) in [6.07, 6.45) is 0. The van der Waals surface area contributed by atoms with E-state index in [0.717, 1.165) is 5.56 Å². The van der Waals surface area contributed by atoms with Crippen LogP contribution in [-0.2, 0) is 5.41 Å². The van der Waals surface area contributed by atoms with Crippen LogP contribution in [0.15, 0.2) is 18.2 Å². The van der Waals surface area contributed by atoms with Crippen molar-refractivity contribution in [1.29, 1.82) is 5.26 Å². The van der Waals surface area contributed by atoms with E-state index in [0.29, 0.717) is 5.92 Å². The summed E-state index contributed by atoms with van der Waals surface area (Å²) in [6, 6.07) is 8.22. The van der Waals surface area contributed by atoms with E-state index >= 15 is 0 Å². The zero-order valence-corrected chi connectivity index (χ0v) is 10.3. The number of hydrogen-bond donors (Lipinski definition) is 0. The van der Waals surface area contributed by atoms with E-state index in [1.807, 2.05) is 12.1 Å². The third kappa shape index (κ3) is 2.59. The average molecular weight is 201 g/mol. The first-order valence-corrected chi connectivity index (χ1v) is 5.41. The van der Waals surface area contributed by atoms with Crippen molar-refractivity contribution in [3.63, 3.8) is 0 Å². The summed E-state index contributed by atoms with van der Waals surface area (Å²) < 4.78 is 0. The molecule has 1 aromatic carbocycles. The van der Waals surface area contributed by atoms with Crippen LogP contribution in [0, 0.1) is 11.3 Å². The van der Waals surface area contributed by atoms with Gasteiger partial charge in [0.25, 0.3) is 0 Å². The number of benzene rings is 1. The van der Waals surface area contributed by atoms with E-state index in [-0.39, 0.29) is 5.41 Å². The third-order valence-corrected chi connectivity index (χ3v) is 2.61. The molecule has 0 heterocycles. The first kappa shape index (κ1) is 11.8. The first-order valence-electron chi connectivity index (χ1n) is 5.41. The summed E-state index contributed by atoms with van der Waals surface area (Å²) in [7, 11) is 0. The van der Waals surface area contributed by atoms with E-state index < -0.39 is 0 Å². The van der Waals surface area contributed by atoms with E-state index in [9.17, 15) is 0 Å². The molecule has 0 aliphatic carbocycles. The molecule has 15 heavy (non-hydrogen) atoms. The molecule has 0 fully saturated rings. The lowest BCUT2D eigenvalue weighted by atomic mass is 9.80. The van der Waals surface area contributed by atoms with Gasteiger partial charge < -0.3 is 0 Å². The van der Waals surface area contributed by atoms with Crippen molar-refractivity contribution in [1.82, 2.24) is 0 Å². The SMILES string of the molecule is CC(C)c1ccc(C#N)cc1C(C)(C)C. The van der Waals surface area contributed by atoms with E-state index in [4.69, 9.17) is 5.26 Å². The Morgan fingerprint density at radius 1 is 1.20 bits per heavy atom. The Morgan fingerprint density at radius 3 is 2.20 bits per heavy atom. The van der Waals surface area contributed by atoms with Crippen LogP contribution >= 0.6 is 0 Å². The lowest BCUT2D eigenvalue weighted by Crippen LogP contribution is -2.15. The van der Waals surface area contributed by atoms with Crippen molar-refractivity contribution < 1.29 is 0 Å².